The third-order valence-electron chi connectivity index (χ3n) is 2.43. The number of carbonyl (C=O) groups is 1. The molecular formula is C8H16ClNO2. The van der Waals surface area contributed by atoms with Gasteiger partial charge in [-0.1, -0.05) is 13.8 Å². The molecule has 1 heterocycles. The Kier molecular flexibility index (Phi) is 4.57. The average Bonchev–Trinajstić information content (AvgIpc) is 2.32. The molecule has 1 fully saturated rings. The Hall–Kier alpha value is -0.280. The Bertz CT molecular complexity index is 161. The van der Waals surface area contributed by atoms with Crippen molar-refractivity contribution in [3.63, 3.8) is 0 Å². The predicted octanol–water partition coefficient (Wildman–Crippen LogP) is 0.984. The fraction of sp³-hybridized carbons (Fsp3) is 0.875. The van der Waals surface area contributed by atoms with Gasteiger partial charge in [-0.2, -0.15) is 0 Å². The second-order valence-electron chi connectivity index (χ2n) is 3.51. The van der Waals surface area contributed by atoms with Crippen molar-refractivity contribution in [2.45, 2.75) is 13.8 Å². The van der Waals surface area contributed by atoms with Crippen LogP contribution in [0.2, 0.25) is 0 Å². The molecule has 4 heteroatoms. The van der Waals surface area contributed by atoms with E-state index in [9.17, 15) is 4.79 Å². The quantitative estimate of drug-likeness (QED) is 0.688. The first-order valence-electron chi connectivity index (χ1n) is 4.06. The molecule has 0 amide bonds. The zero-order valence-electron chi connectivity index (χ0n) is 7.41. The lowest BCUT2D eigenvalue weighted by atomic mass is 9.86. The maximum atomic E-state index is 10.7. The van der Waals surface area contributed by atoms with Gasteiger partial charge in [0.25, 0.3) is 0 Å². The highest BCUT2D eigenvalue weighted by Gasteiger charge is 2.34. The Balaban J connectivity index is 0.00000121. The molecule has 0 aromatic carbocycles. The van der Waals surface area contributed by atoms with Crippen molar-refractivity contribution in [3.05, 3.63) is 0 Å². The van der Waals surface area contributed by atoms with E-state index in [0.717, 1.165) is 6.54 Å². The topological polar surface area (TPSA) is 49.3 Å². The Morgan fingerprint density at radius 3 is 2.42 bits per heavy atom. The summed E-state index contributed by atoms with van der Waals surface area (Å²) in [6, 6.07) is 0. The molecule has 1 saturated heterocycles. The van der Waals surface area contributed by atoms with Crippen LogP contribution in [0.1, 0.15) is 13.8 Å². The molecule has 0 bridgehead atoms. The fourth-order valence-electron chi connectivity index (χ4n) is 1.67. The number of rotatable bonds is 2. The van der Waals surface area contributed by atoms with Gasteiger partial charge >= 0.3 is 5.97 Å². The lowest BCUT2D eigenvalue weighted by Crippen LogP contribution is -2.25. The Morgan fingerprint density at radius 1 is 1.50 bits per heavy atom. The van der Waals surface area contributed by atoms with Crippen molar-refractivity contribution in [2.75, 3.05) is 13.1 Å². The normalized spacial score (nSPS) is 28.6. The van der Waals surface area contributed by atoms with Crippen molar-refractivity contribution < 1.29 is 9.90 Å². The fourth-order valence-corrected chi connectivity index (χ4v) is 1.67. The smallest absolute Gasteiger partial charge is 0.308 e. The monoisotopic (exact) mass is 193 g/mol. The number of nitrogens with one attached hydrogen (secondary N) is 1. The molecular weight excluding hydrogens is 178 g/mol. The van der Waals surface area contributed by atoms with Crippen LogP contribution in [0.5, 0.6) is 0 Å². The molecule has 1 aliphatic rings. The summed E-state index contributed by atoms with van der Waals surface area (Å²) in [5, 5.41) is 11.9. The number of carboxylic acid groups (broad SMARTS) is 1. The SMILES string of the molecule is CC(C)[C@@H]1CNC[C@H]1C(=O)O.Cl. The van der Waals surface area contributed by atoms with Crippen LogP contribution in [0.15, 0.2) is 0 Å². The molecule has 0 aliphatic carbocycles. The molecule has 2 atom stereocenters. The largest absolute Gasteiger partial charge is 0.481 e. The molecule has 0 radical (unpaired) electrons. The molecule has 0 aromatic heterocycles. The van der Waals surface area contributed by atoms with Gasteiger partial charge in [0.1, 0.15) is 0 Å². The van der Waals surface area contributed by atoms with E-state index in [2.05, 4.69) is 19.2 Å². The van der Waals surface area contributed by atoms with E-state index in [1.54, 1.807) is 0 Å². The van der Waals surface area contributed by atoms with Crippen molar-refractivity contribution >= 4 is 18.4 Å². The van der Waals surface area contributed by atoms with Crippen LogP contribution in [-0.4, -0.2) is 24.2 Å². The second-order valence-corrected chi connectivity index (χ2v) is 3.51. The van der Waals surface area contributed by atoms with Gasteiger partial charge in [-0.25, -0.2) is 0 Å². The molecule has 0 spiro atoms. The second kappa shape index (κ2) is 4.67. The minimum atomic E-state index is -0.659. The van der Waals surface area contributed by atoms with Crippen molar-refractivity contribution in [1.29, 1.82) is 0 Å². The Labute approximate surface area is 78.9 Å². The van der Waals surface area contributed by atoms with Gasteiger partial charge in [0.15, 0.2) is 0 Å². The van der Waals surface area contributed by atoms with Crippen LogP contribution < -0.4 is 5.32 Å². The summed E-state index contributed by atoms with van der Waals surface area (Å²) in [7, 11) is 0. The van der Waals surface area contributed by atoms with Crippen LogP contribution in [0.3, 0.4) is 0 Å². The average molecular weight is 194 g/mol. The summed E-state index contributed by atoms with van der Waals surface area (Å²) in [5.41, 5.74) is 0. The van der Waals surface area contributed by atoms with Crippen LogP contribution in [0.4, 0.5) is 0 Å². The minimum absolute atomic E-state index is 0. The van der Waals surface area contributed by atoms with Crippen LogP contribution in [0, 0.1) is 17.8 Å². The summed E-state index contributed by atoms with van der Waals surface area (Å²) < 4.78 is 0. The van der Waals surface area contributed by atoms with Gasteiger partial charge in [0, 0.05) is 6.54 Å². The van der Waals surface area contributed by atoms with Crippen LogP contribution >= 0.6 is 12.4 Å². The van der Waals surface area contributed by atoms with E-state index in [4.69, 9.17) is 5.11 Å². The highest BCUT2D eigenvalue weighted by Crippen LogP contribution is 2.24. The maximum Gasteiger partial charge on any atom is 0.308 e. The molecule has 3 nitrogen and oxygen atoms in total. The highest BCUT2D eigenvalue weighted by atomic mass is 35.5. The van der Waals surface area contributed by atoms with Gasteiger partial charge in [-0.3, -0.25) is 4.79 Å². The van der Waals surface area contributed by atoms with E-state index in [-0.39, 0.29) is 18.3 Å². The van der Waals surface area contributed by atoms with Crippen LogP contribution in [0.25, 0.3) is 0 Å². The molecule has 0 saturated carbocycles. The Morgan fingerprint density at radius 2 is 2.08 bits per heavy atom. The molecule has 1 aliphatic heterocycles. The standard InChI is InChI=1S/C8H15NO2.ClH/c1-5(2)6-3-9-4-7(6)8(10)11;/h5-7,9H,3-4H2,1-2H3,(H,10,11);1H/t6-,7+;/m0./s1. The summed E-state index contributed by atoms with van der Waals surface area (Å²) in [6.07, 6.45) is 0. The lowest BCUT2D eigenvalue weighted by Gasteiger charge is -2.17. The molecule has 12 heavy (non-hydrogen) atoms. The number of carboxylic acids is 1. The maximum absolute atomic E-state index is 10.7. The van der Waals surface area contributed by atoms with E-state index >= 15 is 0 Å². The molecule has 2 N–H and O–H groups in total. The summed E-state index contributed by atoms with van der Waals surface area (Å²) in [6.45, 7) is 5.65. The lowest BCUT2D eigenvalue weighted by molar-refractivity contribution is -0.142. The highest BCUT2D eigenvalue weighted by molar-refractivity contribution is 5.85. The van der Waals surface area contributed by atoms with E-state index in [1.165, 1.54) is 0 Å². The first kappa shape index (κ1) is 11.7. The van der Waals surface area contributed by atoms with Gasteiger partial charge in [-0.05, 0) is 18.4 Å². The first-order valence-corrected chi connectivity index (χ1v) is 4.06. The molecule has 0 unspecified atom stereocenters. The van der Waals surface area contributed by atoms with E-state index in [0.29, 0.717) is 18.4 Å². The van der Waals surface area contributed by atoms with Crippen molar-refractivity contribution in [1.82, 2.24) is 5.32 Å². The van der Waals surface area contributed by atoms with Gasteiger partial charge < -0.3 is 10.4 Å². The zero-order chi connectivity index (χ0) is 8.43. The molecule has 0 aromatic rings. The summed E-state index contributed by atoms with van der Waals surface area (Å²) in [5.74, 6) is -0.0534. The third-order valence-corrected chi connectivity index (χ3v) is 2.43. The van der Waals surface area contributed by atoms with Gasteiger partial charge in [-0.15, -0.1) is 12.4 Å². The molecule has 72 valence electrons. The van der Waals surface area contributed by atoms with Crippen LogP contribution in [-0.2, 0) is 4.79 Å². The summed E-state index contributed by atoms with van der Waals surface area (Å²) >= 11 is 0. The van der Waals surface area contributed by atoms with E-state index < -0.39 is 5.97 Å². The number of aliphatic carboxylic acids is 1. The minimum Gasteiger partial charge on any atom is -0.481 e. The molecule has 1 rings (SSSR count). The summed E-state index contributed by atoms with van der Waals surface area (Å²) in [4.78, 5) is 10.7. The van der Waals surface area contributed by atoms with Gasteiger partial charge in [0.2, 0.25) is 0 Å². The predicted molar refractivity (Wildman–Crippen MR) is 49.6 cm³/mol. The van der Waals surface area contributed by atoms with Crippen molar-refractivity contribution in [3.8, 4) is 0 Å². The number of halogens is 1. The zero-order valence-corrected chi connectivity index (χ0v) is 8.23. The van der Waals surface area contributed by atoms with Crippen molar-refractivity contribution in [2.24, 2.45) is 17.8 Å². The van der Waals surface area contributed by atoms with E-state index in [1.807, 2.05) is 0 Å². The van der Waals surface area contributed by atoms with Gasteiger partial charge in [0.05, 0.1) is 5.92 Å². The first-order chi connectivity index (χ1) is 5.13. The number of hydrogen-bond acceptors (Lipinski definition) is 2. The number of hydrogen-bond donors (Lipinski definition) is 2. The third kappa shape index (κ3) is 2.35.